The highest BCUT2D eigenvalue weighted by atomic mass is 16.5. The smallest absolute Gasteiger partial charge is 0.305 e. The minimum absolute atomic E-state index is 0.0292. The topological polar surface area (TPSA) is 76.1 Å². The molecule has 0 aromatic rings. The van der Waals surface area contributed by atoms with Crippen LogP contribution < -0.4 is 0 Å². The number of hydrogen-bond acceptors (Lipinski definition) is 4. The number of nitrogens with zero attached hydrogens (tertiary/aromatic N) is 1. The fourth-order valence-electron chi connectivity index (χ4n) is 2.38. The molecule has 1 fully saturated rings. The van der Waals surface area contributed by atoms with E-state index < -0.39 is 5.97 Å². The minimum atomic E-state index is -0.890. The lowest BCUT2D eigenvalue weighted by atomic mass is 10.1. The Morgan fingerprint density at radius 3 is 2.85 bits per heavy atom. The maximum atomic E-state index is 12.1. The average Bonchev–Trinajstić information content (AvgIpc) is 2.80. The van der Waals surface area contributed by atoms with Gasteiger partial charge in [0.25, 0.3) is 0 Å². The molecule has 0 aromatic heterocycles. The average molecular weight is 285 g/mol. The summed E-state index contributed by atoms with van der Waals surface area (Å²) in [6, 6.07) is -0.265. The Bertz CT molecular complexity index is 344. The van der Waals surface area contributed by atoms with Gasteiger partial charge in [0.2, 0.25) is 5.91 Å². The summed E-state index contributed by atoms with van der Waals surface area (Å²) in [5.41, 5.74) is 0. The monoisotopic (exact) mass is 285 g/mol. The molecule has 1 amide bonds. The Hall–Kier alpha value is -1.40. The zero-order valence-corrected chi connectivity index (χ0v) is 11.9. The van der Waals surface area contributed by atoms with Crippen molar-refractivity contribution in [2.75, 3.05) is 26.9 Å². The third-order valence-electron chi connectivity index (χ3n) is 3.36. The van der Waals surface area contributed by atoms with Gasteiger partial charge in [0, 0.05) is 32.7 Å². The molecule has 0 radical (unpaired) electrons. The highest BCUT2D eigenvalue weighted by Crippen LogP contribution is 2.23. The molecule has 0 saturated carbocycles. The van der Waals surface area contributed by atoms with E-state index in [1.165, 1.54) is 0 Å². The number of hydrogen-bond donors (Lipinski definition) is 1. The van der Waals surface area contributed by atoms with Crippen LogP contribution >= 0.6 is 0 Å². The number of carbonyl (C=O) groups excluding carboxylic acids is 1. The van der Waals surface area contributed by atoms with E-state index in [2.05, 4.69) is 6.58 Å². The van der Waals surface area contributed by atoms with Crippen molar-refractivity contribution >= 4 is 11.9 Å². The summed E-state index contributed by atoms with van der Waals surface area (Å²) in [6.07, 6.45) is 3.14. The highest BCUT2D eigenvalue weighted by Gasteiger charge is 2.36. The molecule has 0 aromatic carbocycles. The highest BCUT2D eigenvalue weighted by molar-refractivity contribution is 5.78. The maximum Gasteiger partial charge on any atom is 0.305 e. The number of rotatable bonds is 9. The van der Waals surface area contributed by atoms with Crippen molar-refractivity contribution in [2.45, 2.75) is 37.8 Å². The second-order valence-corrected chi connectivity index (χ2v) is 4.86. The number of aliphatic carboxylic acids is 1. The van der Waals surface area contributed by atoms with Crippen LogP contribution in [0.2, 0.25) is 0 Å². The second-order valence-electron chi connectivity index (χ2n) is 4.86. The van der Waals surface area contributed by atoms with Crippen LogP contribution in [0.15, 0.2) is 12.7 Å². The molecule has 0 aliphatic carbocycles. The van der Waals surface area contributed by atoms with Crippen molar-refractivity contribution in [1.82, 2.24) is 4.90 Å². The summed E-state index contributed by atoms with van der Waals surface area (Å²) < 4.78 is 10.5. The van der Waals surface area contributed by atoms with E-state index in [1.807, 2.05) is 0 Å². The molecule has 6 nitrogen and oxygen atoms in total. The maximum absolute atomic E-state index is 12.1. The van der Waals surface area contributed by atoms with Gasteiger partial charge in [-0.15, -0.1) is 6.58 Å². The predicted octanol–water partition coefficient (Wildman–Crippen LogP) is 1.06. The van der Waals surface area contributed by atoms with Gasteiger partial charge >= 0.3 is 5.97 Å². The first kappa shape index (κ1) is 16.7. The van der Waals surface area contributed by atoms with Gasteiger partial charge in [-0.05, 0) is 12.8 Å². The number of carboxylic acids is 1. The van der Waals surface area contributed by atoms with Crippen LogP contribution in [-0.2, 0) is 19.1 Å². The van der Waals surface area contributed by atoms with Gasteiger partial charge in [0.1, 0.15) is 0 Å². The first-order valence-electron chi connectivity index (χ1n) is 6.81. The quantitative estimate of drug-likeness (QED) is 0.506. The minimum Gasteiger partial charge on any atom is -0.481 e. The third kappa shape index (κ3) is 5.30. The van der Waals surface area contributed by atoms with E-state index in [9.17, 15) is 9.59 Å². The lowest BCUT2D eigenvalue weighted by Gasteiger charge is -2.23. The zero-order chi connectivity index (χ0) is 15.0. The summed E-state index contributed by atoms with van der Waals surface area (Å²) >= 11 is 0. The number of carbonyl (C=O) groups is 2. The van der Waals surface area contributed by atoms with Gasteiger partial charge in [-0.2, -0.15) is 0 Å². The fraction of sp³-hybridized carbons (Fsp3) is 0.714. The van der Waals surface area contributed by atoms with Crippen LogP contribution in [0.25, 0.3) is 0 Å². The van der Waals surface area contributed by atoms with Gasteiger partial charge in [-0.1, -0.05) is 6.08 Å². The van der Waals surface area contributed by atoms with Crippen LogP contribution in [0.1, 0.15) is 25.7 Å². The van der Waals surface area contributed by atoms with Crippen LogP contribution in [0.3, 0.4) is 0 Å². The molecule has 2 unspecified atom stereocenters. The molecule has 1 aliphatic heterocycles. The number of methoxy groups -OCH3 is 1. The van der Waals surface area contributed by atoms with Crippen molar-refractivity contribution < 1.29 is 24.2 Å². The van der Waals surface area contributed by atoms with Crippen molar-refractivity contribution in [3.8, 4) is 0 Å². The second kappa shape index (κ2) is 8.71. The molecule has 1 N–H and O–H groups in total. The molecule has 0 bridgehead atoms. The number of likely N-dealkylation sites (tertiary alicyclic amines) is 1. The molecular formula is C14H23NO5. The first-order chi connectivity index (χ1) is 9.58. The van der Waals surface area contributed by atoms with E-state index in [1.54, 1.807) is 18.1 Å². The molecule has 6 heteroatoms. The number of ether oxygens (including phenoxy) is 2. The molecule has 20 heavy (non-hydrogen) atoms. The molecule has 2 atom stereocenters. The van der Waals surface area contributed by atoms with Crippen molar-refractivity contribution in [2.24, 2.45) is 0 Å². The first-order valence-corrected chi connectivity index (χ1v) is 6.81. The van der Waals surface area contributed by atoms with Gasteiger partial charge in [0.05, 0.1) is 19.1 Å². The van der Waals surface area contributed by atoms with Gasteiger partial charge in [0.15, 0.2) is 0 Å². The van der Waals surface area contributed by atoms with E-state index in [0.717, 1.165) is 0 Å². The van der Waals surface area contributed by atoms with Crippen molar-refractivity contribution in [3.63, 3.8) is 0 Å². The van der Waals surface area contributed by atoms with Gasteiger partial charge in [-0.3, -0.25) is 9.59 Å². The predicted molar refractivity (Wildman–Crippen MR) is 73.4 cm³/mol. The third-order valence-corrected chi connectivity index (χ3v) is 3.36. The lowest BCUT2D eigenvalue weighted by molar-refractivity contribution is -0.140. The number of amides is 1. The molecular weight excluding hydrogens is 262 g/mol. The van der Waals surface area contributed by atoms with Gasteiger partial charge < -0.3 is 19.5 Å². The van der Waals surface area contributed by atoms with Crippen molar-refractivity contribution in [1.29, 1.82) is 0 Å². The van der Waals surface area contributed by atoms with Gasteiger partial charge in [-0.25, -0.2) is 0 Å². The lowest BCUT2D eigenvalue weighted by Crippen LogP contribution is -2.37. The van der Waals surface area contributed by atoms with Crippen LogP contribution in [-0.4, -0.2) is 60.9 Å². The largest absolute Gasteiger partial charge is 0.481 e. The van der Waals surface area contributed by atoms with Crippen LogP contribution in [0, 0.1) is 0 Å². The summed E-state index contributed by atoms with van der Waals surface area (Å²) in [7, 11) is 1.58. The summed E-state index contributed by atoms with van der Waals surface area (Å²) in [5.74, 6) is -0.920. The van der Waals surface area contributed by atoms with Crippen LogP contribution in [0.4, 0.5) is 0 Å². The summed E-state index contributed by atoms with van der Waals surface area (Å²) in [6.45, 7) is 5.00. The normalized spacial score (nSPS) is 21.9. The number of carboxylic acid groups (broad SMARTS) is 1. The molecule has 0 spiro atoms. The molecule has 1 aliphatic rings. The van der Waals surface area contributed by atoms with E-state index in [-0.39, 0.29) is 24.5 Å². The van der Waals surface area contributed by atoms with E-state index in [4.69, 9.17) is 14.6 Å². The molecule has 1 saturated heterocycles. The fourth-order valence-corrected chi connectivity index (χ4v) is 2.38. The Kier molecular flexibility index (Phi) is 7.25. The van der Waals surface area contributed by atoms with E-state index in [0.29, 0.717) is 39.0 Å². The molecule has 1 heterocycles. The Morgan fingerprint density at radius 1 is 1.50 bits per heavy atom. The van der Waals surface area contributed by atoms with E-state index >= 15 is 0 Å². The Morgan fingerprint density at radius 2 is 2.25 bits per heavy atom. The SMILES string of the molecule is C=CCOCCCC(=O)N1CC(OC)CC1CC(=O)O. The Labute approximate surface area is 119 Å². The molecule has 1 rings (SSSR count). The summed E-state index contributed by atoms with van der Waals surface area (Å²) in [4.78, 5) is 24.6. The summed E-state index contributed by atoms with van der Waals surface area (Å²) in [5, 5.41) is 8.90. The Balaban J connectivity index is 2.42. The molecule has 114 valence electrons. The van der Waals surface area contributed by atoms with Crippen LogP contribution in [0.5, 0.6) is 0 Å². The zero-order valence-electron chi connectivity index (χ0n) is 11.9. The van der Waals surface area contributed by atoms with Crippen molar-refractivity contribution in [3.05, 3.63) is 12.7 Å². The standard InChI is InChI=1S/C14H23NO5/c1-3-6-20-7-4-5-13(16)15-10-12(19-2)8-11(15)9-14(17)18/h3,11-12H,1,4-10H2,2H3,(H,17,18).